The van der Waals surface area contributed by atoms with Crippen molar-refractivity contribution in [2.75, 3.05) is 19.7 Å². The number of fused-ring (bicyclic) bond motifs is 4. The van der Waals surface area contributed by atoms with Crippen molar-refractivity contribution in [3.8, 4) is 5.75 Å². The molecule has 10 nitrogen and oxygen atoms in total. The van der Waals surface area contributed by atoms with E-state index >= 15 is 0 Å². The lowest BCUT2D eigenvalue weighted by Gasteiger charge is -2.29. The largest absolute Gasteiger partial charge is 0.491 e. The van der Waals surface area contributed by atoms with Crippen LogP contribution in [0.1, 0.15) is 46.6 Å². The van der Waals surface area contributed by atoms with Crippen LogP contribution in [0.4, 0.5) is 0 Å². The van der Waals surface area contributed by atoms with E-state index in [-0.39, 0.29) is 54.3 Å². The van der Waals surface area contributed by atoms with Crippen molar-refractivity contribution in [1.82, 2.24) is 20.1 Å². The zero-order valence-corrected chi connectivity index (χ0v) is 19.7. The molecule has 0 radical (unpaired) electrons. The zero-order valence-electron chi connectivity index (χ0n) is 18.9. The van der Waals surface area contributed by atoms with Crippen LogP contribution in [0.15, 0.2) is 27.6 Å². The normalized spacial score (nSPS) is 22.6. The lowest BCUT2D eigenvalue weighted by atomic mass is 10.1. The maximum absolute atomic E-state index is 13.7. The Morgan fingerprint density at radius 1 is 1.09 bits per heavy atom. The molecule has 2 amide bonds. The van der Waals surface area contributed by atoms with Crippen molar-refractivity contribution in [1.29, 1.82) is 0 Å². The standard InChI is InChI=1S/C22H28N4O6S/c1-13-4-5-16-10-19(13)31-9-8-23-20(27)11-17-6-7-18(12-24-22(16)28)26(17)33(29,30)21-14(2)25-32-15(21)3/h4-5,10,17-18H,6-9,11-12H2,1-3H3,(H,23,27)(H,24,28)/t17-,18+/m0/s1. The van der Waals surface area contributed by atoms with E-state index in [2.05, 4.69) is 15.8 Å². The van der Waals surface area contributed by atoms with Crippen molar-refractivity contribution in [2.24, 2.45) is 0 Å². The fourth-order valence-corrected chi connectivity index (χ4v) is 6.68. The van der Waals surface area contributed by atoms with Gasteiger partial charge >= 0.3 is 0 Å². The third-order valence-electron chi connectivity index (χ3n) is 6.11. The predicted molar refractivity (Wildman–Crippen MR) is 118 cm³/mol. The summed E-state index contributed by atoms with van der Waals surface area (Å²) in [4.78, 5) is 25.4. The molecule has 2 aromatic rings. The number of nitrogens with one attached hydrogen (secondary N) is 2. The summed E-state index contributed by atoms with van der Waals surface area (Å²) in [6.07, 6.45) is 1.03. The Hall–Kier alpha value is -2.92. The monoisotopic (exact) mass is 476 g/mol. The van der Waals surface area contributed by atoms with E-state index in [0.717, 1.165) is 5.56 Å². The van der Waals surface area contributed by atoms with Crippen LogP contribution in [0.3, 0.4) is 0 Å². The van der Waals surface area contributed by atoms with Gasteiger partial charge in [-0.3, -0.25) is 9.59 Å². The molecular weight excluding hydrogens is 448 g/mol. The average molecular weight is 477 g/mol. The van der Waals surface area contributed by atoms with Gasteiger partial charge in [-0.15, -0.1) is 0 Å². The minimum Gasteiger partial charge on any atom is -0.491 e. The third kappa shape index (κ3) is 4.60. The molecule has 0 spiro atoms. The number of carbonyl (C=O) groups excluding carboxylic acids is 2. The van der Waals surface area contributed by atoms with Gasteiger partial charge < -0.3 is 19.9 Å². The second-order valence-electron chi connectivity index (χ2n) is 8.47. The number of ether oxygens (including phenoxy) is 1. The smallest absolute Gasteiger partial charge is 0.251 e. The van der Waals surface area contributed by atoms with Crippen molar-refractivity contribution in [3.63, 3.8) is 0 Å². The summed E-state index contributed by atoms with van der Waals surface area (Å²) in [6.45, 7) is 5.60. The van der Waals surface area contributed by atoms with Gasteiger partial charge in [-0.2, -0.15) is 4.31 Å². The highest BCUT2D eigenvalue weighted by Crippen LogP contribution is 2.35. The molecule has 3 heterocycles. The number of benzene rings is 1. The van der Waals surface area contributed by atoms with Gasteiger partial charge in [0.15, 0.2) is 5.76 Å². The number of rotatable bonds is 2. The molecule has 2 atom stereocenters. The Balaban J connectivity index is 1.68. The second kappa shape index (κ2) is 9.14. The maximum atomic E-state index is 13.7. The van der Waals surface area contributed by atoms with Crippen LogP contribution in [0.5, 0.6) is 5.75 Å². The summed E-state index contributed by atoms with van der Waals surface area (Å²) in [6, 6.07) is 4.10. The van der Waals surface area contributed by atoms with Crippen molar-refractivity contribution >= 4 is 21.8 Å². The number of amides is 2. The Labute approximate surface area is 192 Å². The fraction of sp³-hybridized carbons (Fsp3) is 0.500. The van der Waals surface area contributed by atoms with Crippen molar-refractivity contribution in [2.45, 2.75) is 57.0 Å². The van der Waals surface area contributed by atoms with Crippen LogP contribution in [-0.2, 0) is 14.8 Å². The van der Waals surface area contributed by atoms with Crippen LogP contribution in [0.25, 0.3) is 0 Å². The van der Waals surface area contributed by atoms with Crippen LogP contribution in [-0.4, -0.2) is 61.5 Å². The number of aromatic nitrogens is 1. The van der Waals surface area contributed by atoms with Crippen molar-refractivity contribution < 1.29 is 27.3 Å². The quantitative estimate of drug-likeness (QED) is 0.671. The number of hydrogen-bond acceptors (Lipinski definition) is 7. The third-order valence-corrected chi connectivity index (χ3v) is 8.36. The number of nitrogens with zero attached hydrogens (tertiary/aromatic N) is 2. The predicted octanol–water partition coefficient (Wildman–Crippen LogP) is 1.45. The highest BCUT2D eigenvalue weighted by Gasteiger charge is 2.45. The first kappa shape index (κ1) is 23.2. The molecule has 178 valence electrons. The average Bonchev–Trinajstić information content (AvgIpc) is 3.32. The van der Waals surface area contributed by atoms with E-state index in [4.69, 9.17) is 9.26 Å². The number of carbonyl (C=O) groups is 2. The molecule has 0 unspecified atom stereocenters. The molecule has 4 rings (SSSR count). The molecule has 0 aliphatic carbocycles. The molecule has 4 bridgehead atoms. The molecule has 2 N–H and O–H groups in total. The van der Waals surface area contributed by atoms with Crippen LogP contribution in [0.2, 0.25) is 0 Å². The van der Waals surface area contributed by atoms with E-state index in [9.17, 15) is 18.0 Å². The Morgan fingerprint density at radius 2 is 1.85 bits per heavy atom. The molecular formula is C22H28N4O6S. The van der Waals surface area contributed by atoms with Gasteiger partial charge in [0.25, 0.3) is 5.91 Å². The lowest BCUT2D eigenvalue weighted by Crippen LogP contribution is -2.48. The van der Waals surface area contributed by atoms with E-state index in [1.54, 1.807) is 32.0 Å². The summed E-state index contributed by atoms with van der Waals surface area (Å²) in [7, 11) is -4.01. The maximum Gasteiger partial charge on any atom is 0.251 e. The Kier molecular flexibility index (Phi) is 6.44. The minimum absolute atomic E-state index is 0.0137. The first-order chi connectivity index (χ1) is 15.7. The summed E-state index contributed by atoms with van der Waals surface area (Å²) in [5.74, 6) is 0.186. The van der Waals surface area contributed by atoms with Gasteiger partial charge in [0.05, 0.1) is 6.54 Å². The topological polar surface area (TPSA) is 131 Å². The molecule has 1 fully saturated rings. The highest BCUT2D eigenvalue weighted by molar-refractivity contribution is 7.89. The van der Waals surface area contributed by atoms with Gasteiger partial charge in [0, 0.05) is 30.6 Å². The van der Waals surface area contributed by atoms with Crippen molar-refractivity contribution in [3.05, 3.63) is 40.8 Å². The first-order valence-electron chi connectivity index (χ1n) is 10.9. The van der Waals surface area contributed by atoms with E-state index in [1.165, 1.54) is 4.31 Å². The zero-order chi connectivity index (χ0) is 23.8. The van der Waals surface area contributed by atoms with Gasteiger partial charge in [-0.25, -0.2) is 8.42 Å². The van der Waals surface area contributed by atoms with E-state index in [1.807, 2.05) is 6.92 Å². The minimum atomic E-state index is -4.01. The van der Waals surface area contributed by atoms with Crippen LogP contribution in [0, 0.1) is 20.8 Å². The molecule has 2 aliphatic heterocycles. The number of sulfonamides is 1. The summed E-state index contributed by atoms with van der Waals surface area (Å²) < 4.78 is 39.6. The molecule has 2 aliphatic rings. The Bertz CT molecular complexity index is 1160. The molecule has 1 saturated heterocycles. The lowest BCUT2D eigenvalue weighted by molar-refractivity contribution is -0.121. The SMILES string of the molecule is Cc1ccc2cc1OCCNC(=O)C[C@@H]1CC[C@H](CNC2=O)N1S(=O)(=O)c1c(C)noc1C. The summed E-state index contributed by atoms with van der Waals surface area (Å²) >= 11 is 0. The van der Waals surface area contributed by atoms with Gasteiger partial charge in [-0.1, -0.05) is 11.2 Å². The summed E-state index contributed by atoms with van der Waals surface area (Å²) in [5, 5.41) is 9.45. The molecule has 1 aromatic carbocycles. The molecule has 1 aromatic heterocycles. The van der Waals surface area contributed by atoms with Gasteiger partial charge in [-0.05, 0) is 51.3 Å². The number of aryl methyl sites for hydroxylation is 3. The second-order valence-corrected chi connectivity index (χ2v) is 10.2. The van der Waals surface area contributed by atoms with Crippen LogP contribution < -0.4 is 15.4 Å². The number of hydrogen-bond donors (Lipinski definition) is 2. The van der Waals surface area contributed by atoms with Gasteiger partial charge in [0.1, 0.15) is 22.9 Å². The summed E-state index contributed by atoms with van der Waals surface area (Å²) in [5.41, 5.74) is 1.56. The Morgan fingerprint density at radius 3 is 2.58 bits per heavy atom. The van der Waals surface area contributed by atoms with E-state index in [0.29, 0.717) is 24.2 Å². The van der Waals surface area contributed by atoms with Crippen LogP contribution >= 0.6 is 0 Å². The first-order valence-corrected chi connectivity index (χ1v) is 12.4. The molecule has 11 heteroatoms. The molecule has 33 heavy (non-hydrogen) atoms. The van der Waals surface area contributed by atoms with E-state index < -0.39 is 22.1 Å². The fourth-order valence-electron chi connectivity index (χ4n) is 4.51. The van der Waals surface area contributed by atoms with Gasteiger partial charge in [0.2, 0.25) is 15.9 Å². The molecule has 0 saturated carbocycles. The highest BCUT2D eigenvalue weighted by atomic mass is 32.2.